The zero-order valence-electron chi connectivity index (χ0n) is 32.0. The van der Waals surface area contributed by atoms with Gasteiger partial charge in [-0.25, -0.2) is 0 Å². The van der Waals surface area contributed by atoms with Gasteiger partial charge in [0.2, 0.25) is 11.8 Å². The Morgan fingerprint density at radius 2 is 1.46 bits per heavy atom. The van der Waals surface area contributed by atoms with Crippen LogP contribution in [0.5, 0.6) is 5.75 Å². The lowest BCUT2D eigenvalue weighted by Gasteiger charge is -2.40. The molecule has 3 aliphatic rings. The van der Waals surface area contributed by atoms with Crippen molar-refractivity contribution in [3.63, 3.8) is 0 Å². The fourth-order valence-corrected chi connectivity index (χ4v) is 11.4. The molecule has 6 rings (SSSR count). The lowest BCUT2D eigenvalue weighted by Crippen LogP contribution is -2.58. The monoisotopic (exact) mass is 750 g/mol. The summed E-state index contributed by atoms with van der Waals surface area (Å²) >= 11 is 1.63. The van der Waals surface area contributed by atoms with E-state index in [0.29, 0.717) is 43.0 Å². The third kappa shape index (κ3) is 6.94. The van der Waals surface area contributed by atoms with E-state index in [1.807, 2.05) is 85.8 Å². The van der Waals surface area contributed by atoms with Gasteiger partial charge in [0, 0.05) is 48.0 Å². The molecule has 9 nitrogen and oxygen atoms in total. The summed E-state index contributed by atoms with van der Waals surface area (Å²) in [4.78, 5) is 53.0. The molecule has 3 amide bonds. The second-order valence-electron chi connectivity index (χ2n) is 14.6. The minimum absolute atomic E-state index is 0.166. The standard InChI is InChI=1S/C44H54N4O5S/c1-7-27-46(34-21-23-36(24-22-34)53-11-5)40(50)37-38-41(51)48(35(30-49)29-31-15-13-12-14-16-31)39(44(38)26-25-43(37,6)54-44)42(52)47(28-8-2)33-19-17-32(18-20-33)45(9-3)10-4/h7-8,12-24,35,37-39,49H,1-2,9-11,25-30H2,3-6H3/t35-,37+,38+,39?,43-,44?/m1/s1. The van der Waals surface area contributed by atoms with Crippen LogP contribution in [-0.2, 0) is 20.8 Å². The molecule has 6 atom stereocenters. The molecule has 286 valence electrons. The third-order valence-corrected chi connectivity index (χ3v) is 13.5. The highest BCUT2D eigenvalue weighted by Crippen LogP contribution is 2.72. The SMILES string of the molecule is C=CCN(C(=O)C1N([C@@H](CO)Cc2ccccc2)C(=O)[C@@H]2[C@@H](C(=O)N(CC=C)c3ccc(OCC)cc3)[C@@]3(C)CCC12S3)c1ccc(N(CC)CC)cc1. The molecule has 3 fully saturated rings. The zero-order chi connectivity index (χ0) is 38.6. The largest absolute Gasteiger partial charge is 0.494 e. The molecule has 0 radical (unpaired) electrons. The molecule has 3 aromatic carbocycles. The predicted octanol–water partition coefficient (Wildman–Crippen LogP) is 6.75. The quantitative estimate of drug-likeness (QED) is 0.153. The van der Waals surface area contributed by atoms with Gasteiger partial charge in [-0.2, -0.15) is 0 Å². The minimum Gasteiger partial charge on any atom is -0.494 e. The van der Waals surface area contributed by atoms with Crippen LogP contribution in [0.3, 0.4) is 0 Å². The van der Waals surface area contributed by atoms with Crippen LogP contribution in [0.2, 0.25) is 0 Å². The van der Waals surface area contributed by atoms with Crippen molar-refractivity contribution in [2.45, 2.75) is 68.5 Å². The highest BCUT2D eigenvalue weighted by atomic mass is 32.2. The first kappa shape index (κ1) is 39.2. The summed E-state index contributed by atoms with van der Waals surface area (Å²) in [5.41, 5.74) is 3.40. The summed E-state index contributed by atoms with van der Waals surface area (Å²) in [5, 5.41) is 11.0. The topological polar surface area (TPSA) is 93.6 Å². The molecule has 2 unspecified atom stereocenters. The molecule has 0 aliphatic carbocycles. The summed E-state index contributed by atoms with van der Waals surface area (Å²) in [5.74, 6) is -1.41. The van der Waals surface area contributed by atoms with E-state index in [0.717, 1.165) is 24.3 Å². The van der Waals surface area contributed by atoms with Gasteiger partial charge < -0.3 is 29.4 Å². The summed E-state index contributed by atoms with van der Waals surface area (Å²) in [7, 11) is 0. The number of aliphatic hydroxyl groups is 1. The number of nitrogens with zero attached hydrogens (tertiary/aromatic N) is 4. The van der Waals surface area contributed by atoms with Crippen molar-refractivity contribution < 1.29 is 24.2 Å². The van der Waals surface area contributed by atoms with Crippen LogP contribution in [0.15, 0.2) is 104 Å². The number of carbonyl (C=O) groups excluding carboxylic acids is 3. The molecule has 3 aromatic rings. The minimum atomic E-state index is -0.916. The van der Waals surface area contributed by atoms with Gasteiger partial charge >= 0.3 is 0 Å². The maximum atomic E-state index is 15.4. The number of hydrogen-bond donors (Lipinski definition) is 1. The van der Waals surface area contributed by atoms with Gasteiger partial charge in [-0.1, -0.05) is 42.5 Å². The van der Waals surface area contributed by atoms with Crippen LogP contribution in [-0.4, -0.2) is 88.7 Å². The van der Waals surface area contributed by atoms with E-state index in [4.69, 9.17) is 4.74 Å². The number of rotatable bonds is 17. The van der Waals surface area contributed by atoms with Gasteiger partial charge in [-0.05, 0) is 101 Å². The van der Waals surface area contributed by atoms with Crippen molar-refractivity contribution >= 4 is 46.5 Å². The van der Waals surface area contributed by atoms with E-state index < -0.39 is 33.4 Å². The maximum Gasteiger partial charge on any atom is 0.251 e. The van der Waals surface area contributed by atoms with Crippen LogP contribution in [0.25, 0.3) is 0 Å². The van der Waals surface area contributed by atoms with Crippen molar-refractivity contribution in [2.75, 3.05) is 54.1 Å². The Labute approximate surface area is 324 Å². The Hall–Kier alpha value is -4.54. The second-order valence-corrected chi connectivity index (χ2v) is 16.5. The number of fused-ring (bicyclic) bond motifs is 1. The molecule has 1 N–H and O–H groups in total. The average Bonchev–Trinajstić information content (AvgIpc) is 3.76. The van der Waals surface area contributed by atoms with Crippen LogP contribution in [0.1, 0.15) is 46.1 Å². The van der Waals surface area contributed by atoms with E-state index >= 15 is 14.4 Å². The number of benzene rings is 3. The van der Waals surface area contributed by atoms with E-state index in [1.165, 1.54) is 0 Å². The number of anilines is 3. The van der Waals surface area contributed by atoms with E-state index in [9.17, 15) is 5.11 Å². The summed E-state index contributed by atoms with van der Waals surface area (Å²) in [6.07, 6.45) is 5.03. The Bertz CT molecular complexity index is 1820. The van der Waals surface area contributed by atoms with Crippen LogP contribution < -0.4 is 19.4 Å². The van der Waals surface area contributed by atoms with Gasteiger partial charge in [-0.3, -0.25) is 14.4 Å². The maximum absolute atomic E-state index is 15.4. The van der Waals surface area contributed by atoms with Crippen LogP contribution in [0, 0.1) is 11.8 Å². The number of ether oxygens (including phenoxy) is 1. The molecule has 3 aliphatic heterocycles. The van der Waals surface area contributed by atoms with Gasteiger partial charge in [0.05, 0.1) is 35.8 Å². The summed E-state index contributed by atoms with van der Waals surface area (Å²) < 4.78 is 4.19. The van der Waals surface area contributed by atoms with Crippen molar-refractivity contribution in [1.29, 1.82) is 0 Å². The fraction of sp³-hybridized carbons (Fsp3) is 0.432. The number of amides is 3. The number of aliphatic hydroxyl groups excluding tert-OH is 1. The van der Waals surface area contributed by atoms with Crippen molar-refractivity contribution in [2.24, 2.45) is 11.8 Å². The third-order valence-electron chi connectivity index (χ3n) is 11.5. The predicted molar refractivity (Wildman–Crippen MR) is 219 cm³/mol. The zero-order valence-corrected chi connectivity index (χ0v) is 32.8. The van der Waals surface area contributed by atoms with E-state index in [1.54, 1.807) is 38.6 Å². The van der Waals surface area contributed by atoms with Gasteiger partial charge in [0.25, 0.3) is 5.91 Å². The molecule has 0 aromatic heterocycles. The molecular weight excluding hydrogens is 697 g/mol. The number of hydrogen-bond acceptors (Lipinski definition) is 7. The second kappa shape index (κ2) is 16.4. The molecule has 2 bridgehead atoms. The summed E-state index contributed by atoms with van der Waals surface area (Å²) in [6.45, 7) is 18.6. The van der Waals surface area contributed by atoms with E-state index in [2.05, 4.69) is 38.8 Å². The van der Waals surface area contributed by atoms with Gasteiger partial charge in [0.15, 0.2) is 0 Å². The smallest absolute Gasteiger partial charge is 0.251 e. The Morgan fingerprint density at radius 3 is 2.02 bits per heavy atom. The van der Waals surface area contributed by atoms with Crippen LogP contribution >= 0.6 is 11.8 Å². The molecule has 1 spiro atoms. The first-order valence-electron chi connectivity index (χ1n) is 19.2. The van der Waals surface area contributed by atoms with Crippen LogP contribution in [0.4, 0.5) is 17.1 Å². The number of carbonyl (C=O) groups is 3. The van der Waals surface area contributed by atoms with Crippen molar-refractivity contribution in [1.82, 2.24) is 4.90 Å². The molecular formula is C44H54N4O5S. The average molecular weight is 751 g/mol. The van der Waals surface area contributed by atoms with Crippen molar-refractivity contribution in [3.05, 3.63) is 110 Å². The van der Waals surface area contributed by atoms with Gasteiger partial charge in [-0.15, -0.1) is 24.9 Å². The first-order valence-corrected chi connectivity index (χ1v) is 20.0. The lowest BCUT2D eigenvalue weighted by atomic mass is 9.66. The highest BCUT2D eigenvalue weighted by molar-refractivity contribution is 8.02. The number of likely N-dealkylation sites (tertiary alicyclic amines) is 1. The van der Waals surface area contributed by atoms with Crippen molar-refractivity contribution in [3.8, 4) is 5.75 Å². The molecule has 0 saturated carbocycles. The normalized spacial score (nSPS) is 24.5. The highest BCUT2D eigenvalue weighted by Gasteiger charge is 2.78. The lowest BCUT2D eigenvalue weighted by molar-refractivity contribution is -0.142. The first-order chi connectivity index (χ1) is 26.1. The van der Waals surface area contributed by atoms with E-state index in [-0.39, 0.29) is 37.4 Å². The molecule has 54 heavy (non-hydrogen) atoms. The Morgan fingerprint density at radius 1 is 0.889 bits per heavy atom. The Kier molecular flexibility index (Phi) is 11.9. The molecule has 3 heterocycles. The summed E-state index contributed by atoms with van der Waals surface area (Å²) in [6, 6.07) is 23.5. The molecule has 3 saturated heterocycles. The Balaban J connectivity index is 1.44. The molecule has 10 heteroatoms. The fourth-order valence-electron chi connectivity index (χ4n) is 9.09. The van der Waals surface area contributed by atoms with Gasteiger partial charge in [0.1, 0.15) is 11.8 Å². The number of thioether (sulfide) groups is 1.